The van der Waals surface area contributed by atoms with Gasteiger partial charge in [0.1, 0.15) is 0 Å². The molecule has 1 saturated carbocycles. The molecule has 0 aliphatic heterocycles. The molecule has 0 aromatic carbocycles. The van der Waals surface area contributed by atoms with E-state index in [-0.39, 0.29) is 23.4 Å². The van der Waals surface area contributed by atoms with Gasteiger partial charge in [-0.2, -0.15) is 0 Å². The molecule has 2 bridgehead atoms. The summed E-state index contributed by atoms with van der Waals surface area (Å²) >= 11 is 2.86. The standard InChI is InChI=1S/C13H14O2S2/c1-16-12-10(14)8-6-3-4-7(5-6)9(8)11(15)13(12)17-2/h3-4,6-9H,5H2,1-2H3/t6-,7-,8+,9+/m0/s1. The summed E-state index contributed by atoms with van der Waals surface area (Å²) in [6.07, 6.45) is 9.05. The smallest absolute Gasteiger partial charge is 0.174 e. The summed E-state index contributed by atoms with van der Waals surface area (Å²) in [5, 5.41) is 0. The number of carbonyl (C=O) groups excluding carboxylic acids is 2. The lowest BCUT2D eigenvalue weighted by Crippen LogP contribution is -2.38. The number of allylic oxidation sites excluding steroid dienone is 4. The topological polar surface area (TPSA) is 34.1 Å². The largest absolute Gasteiger partial charge is 0.293 e. The van der Waals surface area contributed by atoms with Crippen LogP contribution in [0.2, 0.25) is 0 Å². The molecule has 0 aromatic rings. The van der Waals surface area contributed by atoms with Gasteiger partial charge in [0.25, 0.3) is 0 Å². The molecule has 0 spiro atoms. The third-order valence-corrected chi connectivity index (χ3v) is 5.88. The molecule has 0 unspecified atom stereocenters. The summed E-state index contributed by atoms with van der Waals surface area (Å²) in [5.41, 5.74) is 0. The lowest BCUT2D eigenvalue weighted by Gasteiger charge is -2.31. The van der Waals surface area contributed by atoms with Gasteiger partial charge >= 0.3 is 0 Å². The van der Waals surface area contributed by atoms with Crippen molar-refractivity contribution < 1.29 is 9.59 Å². The molecule has 0 saturated heterocycles. The lowest BCUT2D eigenvalue weighted by molar-refractivity contribution is -0.129. The third-order valence-electron chi connectivity index (χ3n) is 4.13. The first kappa shape index (κ1) is 11.6. The van der Waals surface area contributed by atoms with Gasteiger partial charge in [0, 0.05) is 11.8 Å². The van der Waals surface area contributed by atoms with Gasteiger partial charge in [-0.1, -0.05) is 12.2 Å². The molecular weight excluding hydrogens is 252 g/mol. The normalized spacial score (nSPS) is 39.2. The van der Waals surface area contributed by atoms with Crippen LogP contribution in [-0.2, 0) is 9.59 Å². The van der Waals surface area contributed by atoms with Crippen molar-refractivity contribution in [2.45, 2.75) is 6.42 Å². The molecule has 0 radical (unpaired) electrons. The Morgan fingerprint density at radius 3 is 1.71 bits per heavy atom. The second kappa shape index (κ2) is 4.02. The average molecular weight is 266 g/mol. The summed E-state index contributed by atoms with van der Waals surface area (Å²) in [6.45, 7) is 0. The van der Waals surface area contributed by atoms with E-state index in [0.717, 1.165) is 6.42 Å². The third kappa shape index (κ3) is 1.43. The number of thioether (sulfide) groups is 2. The van der Waals surface area contributed by atoms with Crippen LogP contribution < -0.4 is 0 Å². The zero-order valence-corrected chi connectivity index (χ0v) is 11.4. The van der Waals surface area contributed by atoms with Crippen molar-refractivity contribution in [2.75, 3.05) is 12.5 Å². The maximum atomic E-state index is 12.5. The van der Waals surface area contributed by atoms with Crippen LogP contribution in [0.25, 0.3) is 0 Å². The minimum atomic E-state index is -0.0594. The Balaban J connectivity index is 2.10. The summed E-state index contributed by atoms with van der Waals surface area (Å²) in [7, 11) is 0. The van der Waals surface area contributed by atoms with Gasteiger partial charge in [0.05, 0.1) is 9.81 Å². The summed E-state index contributed by atoms with van der Waals surface area (Å²) < 4.78 is 0. The van der Waals surface area contributed by atoms with Crippen LogP contribution in [0.1, 0.15) is 6.42 Å². The van der Waals surface area contributed by atoms with Crippen LogP contribution >= 0.6 is 23.5 Å². The van der Waals surface area contributed by atoms with E-state index in [1.165, 1.54) is 23.5 Å². The first-order valence-electron chi connectivity index (χ1n) is 5.78. The fourth-order valence-electron chi connectivity index (χ4n) is 3.45. The number of ketones is 2. The number of carbonyl (C=O) groups is 2. The highest BCUT2D eigenvalue weighted by atomic mass is 32.2. The quantitative estimate of drug-likeness (QED) is 0.719. The van der Waals surface area contributed by atoms with Crippen LogP contribution in [0.5, 0.6) is 0 Å². The predicted octanol–water partition coefficient (Wildman–Crippen LogP) is 2.51. The summed E-state index contributed by atoms with van der Waals surface area (Å²) in [5.74, 6) is 0.928. The van der Waals surface area contributed by atoms with E-state index >= 15 is 0 Å². The van der Waals surface area contributed by atoms with Gasteiger partial charge in [-0.15, -0.1) is 23.5 Å². The van der Waals surface area contributed by atoms with Gasteiger partial charge < -0.3 is 0 Å². The summed E-state index contributed by atoms with van der Waals surface area (Å²) in [6, 6.07) is 0. The van der Waals surface area contributed by atoms with Gasteiger partial charge in [0.2, 0.25) is 0 Å². The first-order chi connectivity index (χ1) is 8.19. The zero-order valence-electron chi connectivity index (χ0n) is 9.80. The van der Waals surface area contributed by atoms with Crippen molar-refractivity contribution in [3.63, 3.8) is 0 Å². The molecular formula is C13H14O2S2. The van der Waals surface area contributed by atoms with Crippen molar-refractivity contribution in [3.8, 4) is 0 Å². The number of rotatable bonds is 2. The molecule has 3 rings (SSSR count). The monoisotopic (exact) mass is 266 g/mol. The van der Waals surface area contributed by atoms with Gasteiger partial charge in [-0.3, -0.25) is 9.59 Å². The second-order valence-electron chi connectivity index (χ2n) is 4.79. The van der Waals surface area contributed by atoms with Crippen LogP contribution in [0.4, 0.5) is 0 Å². The lowest BCUT2D eigenvalue weighted by atomic mass is 9.74. The van der Waals surface area contributed by atoms with E-state index in [1.807, 2.05) is 12.5 Å². The van der Waals surface area contributed by atoms with Crippen LogP contribution in [0.15, 0.2) is 22.0 Å². The first-order valence-corrected chi connectivity index (χ1v) is 8.23. The molecule has 90 valence electrons. The number of hydrogen-bond acceptors (Lipinski definition) is 4. The van der Waals surface area contributed by atoms with E-state index < -0.39 is 0 Å². The predicted molar refractivity (Wildman–Crippen MR) is 71.8 cm³/mol. The van der Waals surface area contributed by atoms with E-state index in [0.29, 0.717) is 21.6 Å². The fourth-order valence-corrected chi connectivity index (χ4v) is 5.20. The number of Topliss-reactive ketones (excluding diaryl/α,β-unsaturated/α-hetero) is 2. The SMILES string of the molecule is CSC1=C(SC)C(=O)[C@H]2[C@H](C1=O)[C@H]1C=C[C@H]2C1. The van der Waals surface area contributed by atoms with E-state index in [2.05, 4.69) is 12.2 Å². The highest BCUT2D eigenvalue weighted by molar-refractivity contribution is 8.07. The highest BCUT2D eigenvalue weighted by Gasteiger charge is 2.55. The second-order valence-corrected chi connectivity index (χ2v) is 6.43. The van der Waals surface area contributed by atoms with E-state index in [4.69, 9.17) is 0 Å². The molecule has 4 atom stereocenters. The molecule has 17 heavy (non-hydrogen) atoms. The van der Waals surface area contributed by atoms with E-state index in [9.17, 15) is 9.59 Å². The molecule has 2 nitrogen and oxygen atoms in total. The van der Waals surface area contributed by atoms with Crippen molar-refractivity contribution in [1.29, 1.82) is 0 Å². The van der Waals surface area contributed by atoms with Gasteiger partial charge in [-0.25, -0.2) is 0 Å². The Bertz CT molecular complexity index is 424. The van der Waals surface area contributed by atoms with Gasteiger partial charge in [-0.05, 0) is 30.8 Å². The van der Waals surface area contributed by atoms with Gasteiger partial charge in [0.15, 0.2) is 11.6 Å². The van der Waals surface area contributed by atoms with Crippen LogP contribution in [0, 0.1) is 23.7 Å². The molecule has 0 heterocycles. The summed E-state index contributed by atoms with van der Waals surface area (Å²) in [4.78, 5) is 26.3. The zero-order chi connectivity index (χ0) is 12.2. The Labute approximate surface area is 109 Å². The minimum Gasteiger partial charge on any atom is -0.293 e. The molecule has 1 fully saturated rings. The van der Waals surface area contributed by atoms with Crippen molar-refractivity contribution in [3.05, 3.63) is 22.0 Å². The molecule has 3 aliphatic rings. The average Bonchev–Trinajstić information content (AvgIpc) is 2.93. The Hall–Kier alpha value is -0.480. The maximum absolute atomic E-state index is 12.5. The van der Waals surface area contributed by atoms with Crippen molar-refractivity contribution in [1.82, 2.24) is 0 Å². The number of hydrogen-bond donors (Lipinski definition) is 0. The fraction of sp³-hybridized carbons (Fsp3) is 0.538. The molecule has 0 aromatic heterocycles. The Morgan fingerprint density at radius 2 is 1.35 bits per heavy atom. The molecule has 4 heteroatoms. The van der Waals surface area contributed by atoms with Crippen LogP contribution in [-0.4, -0.2) is 24.1 Å². The maximum Gasteiger partial charge on any atom is 0.174 e. The minimum absolute atomic E-state index is 0.0594. The molecule has 0 N–H and O–H groups in total. The molecule has 0 amide bonds. The Morgan fingerprint density at radius 1 is 0.941 bits per heavy atom. The van der Waals surface area contributed by atoms with Crippen LogP contribution in [0.3, 0.4) is 0 Å². The number of fused-ring (bicyclic) bond motifs is 5. The molecule has 3 aliphatic carbocycles. The van der Waals surface area contributed by atoms with Crippen molar-refractivity contribution in [2.24, 2.45) is 23.7 Å². The highest BCUT2D eigenvalue weighted by Crippen LogP contribution is 2.54. The Kier molecular flexibility index (Phi) is 2.75. The van der Waals surface area contributed by atoms with E-state index in [1.54, 1.807) is 0 Å². The van der Waals surface area contributed by atoms with Crippen molar-refractivity contribution >= 4 is 35.1 Å².